The summed E-state index contributed by atoms with van der Waals surface area (Å²) in [5.74, 6) is -0.750. The molecule has 0 aliphatic rings. The molecule has 0 fully saturated rings. The summed E-state index contributed by atoms with van der Waals surface area (Å²) in [5.41, 5.74) is 2.80. The van der Waals surface area contributed by atoms with Crippen LogP contribution in [0.4, 0.5) is 5.69 Å². The lowest BCUT2D eigenvalue weighted by Gasteiger charge is -2.06. The fraction of sp³-hybridized carbons (Fsp3) is 0.167. The molecule has 0 radical (unpaired) electrons. The van der Waals surface area contributed by atoms with Crippen LogP contribution in [0.2, 0.25) is 0 Å². The number of carboxylic acid groups (broad SMARTS) is 1. The molecule has 6 heteroatoms. The molecule has 0 unspecified atom stereocenters. The molecular formula is C18H18N3O3-. The van der Waals surface area contributed by atoms with E-state index in [0.29, 0.717) is 5.75 Å². The van der Waals surface area contributed by atoms with Crippen LogP contribution in [0.25, 0.3) is 12.2 Å². The van der Waals surface area contributed by atoms with Gasteiger partial charge >= 0.3 is 0 Å². The Morgan fingerprint density at radius 3 is 2.08 bits per heavy atom. The van der Waals surface area contributed by atoms with Gasteiger partial charge in [0.05, 0.1) is 11.7 Å². The number of benzene rings is 2. The van der Waals surface area contributed by atoms with E-state index in [-0.39, 0.29) is 0 Å². The number of carbonyl (C=O) groups excluding carboxylic acids is 1. The predicted molar refractivity (Wildman–Crippen MR) is 90.5 cm³/mol. The van der Waals surface area contributed by atoms with Crippen LogP contribution in [0.3, 0.4) is 0 Å². The van der Waals surface area contributed by atoms with Crippen molar-refractivity contribution in [2.45, 2.75) is 0 Å². The molecule has 0 saturated heterocycles. The minimum Gasteiger partial charge on any atom is -0.546 e. The fourth-order valence-electron chi connectivity index (χ4n) is 1.80. The number of carboxylic acids is 1. The summed E-state index contributed by atoms with van der Waals surface area (Å²) in [4.78, 5) is 10.3. The minimum atomic E-state index is -1.24. The van der Waals surface area contributed by atoms with Gasteiger partial charge in [-0.15, -0.1) is 5.11 Å². The van der Waals surface area contributed by atoms with Crippen LogP contribution in [0.1, 0.15) is 11.1 Å². The Morgan fingerprint density at radius 2 is 1.58 bits per heavy atom. The maximum Gasteiger partial charge on any atom is 0.128 e. The van der Waals surface area contributed by atoms with E-state index in [1.807, 2.05) is 62.6 Å². The van der Waals surface area contributed by atoms with Crippen molar-refractivity contribution >= 4 is 23.8 Å². The van der Waals surface area contributed by atoms with Crippen LogP contribution in [-0.2, 0) is 4.79 Å². The third kappa shape index (κ3) is 5.92. The molecule has 2 aromatic carbocycles. The van der Waals surface area contributed by atoms with Crippen LogP contribution < -0.4 is 9.84 Å². The SMILES string of the molecule is CN(C)N=Nc1ccc(/C=C/c2ccc(OCC(=O)[O-])cc2)cc1. The molecule has 0 aliphatic carbocycles. The van der Waals surface area contributed by atoms with E-state index in [2.05, 4.69) is 10.3 Å². The van der Waals surface area contributed by atoms with E-state index in [4.69, 9.17) is 4.74 Å². The van der Waals surface area contributed by atoms with Crippen molar-refractivity contribution in [3.8, 4) is 5.75 Å². The standard InChI is InChI=1S/C18H19N3O3/c1-21(2)20-19-16-9-5-14(6-10-16)3-4-15-7-11-17(12-8-15)24-13-18(22)23/h3-12H,13H2,1-2H3,(H,22,23)/p-1/b4-3+,20-19?. The normalized spacial score (nSPS) is 11.1. The van der Waals surface area contributed by atoms with E-state index in [1.54, 1.807) is 17.1 Å². The highest BCUT2D eigenvalue weighted by Crippen LogP contribution is 2.17. The van der Waals surface area contributed by atoms with Crippen LogP contribution in [0, 0.1) is 0 Å². The summed E-state index contributed by atoms with van der Waals surface area (Å²) >= 11 is 0. The van der Waals surface area contributed by atoms with Gasteiger partial charge in [-0.25, -0.2) is 0 Å². The fourth-order valence-corrected chi connectivity index (χ4v) is 1.80. The molecule has 0 atom stereocenters. The monoisotopic (exact) mass is 324 g/mol. The van der Waals surface area contributed by atoms with Gasteiger partial charge in [0, 0.05) is 14.1 Å². The van der Waals surface area contributed by atoms with Crippen LogP contribution in [0.15, 0.2) is 58.9 Å². The number of ether oxygens (including phenoxy) is 1. The first-order valence-electron chi connectivity index (χ1n) is 7.33. The summed E-state index contributed by atoms with van der Waals surface area (Å²) in [5, 5.41) is 20.0. The topological polar surface area (TPSA) is 77.3 Å². The maximum absolute atomic E-state index is 10.3. The van der Waals surface area contributed by atoms with E-state index in [1.165, 1.54) is 0 Å². The zero-order valence-corrected chi connectivity index (χ0v) is 13.5. The second kappa shape index (κ2) is 8.47. The van der Waals surface area contributed by atoms with Crippen molar-refractivity contribution in [1.82, 2.24) is 5.01 Å². The molecular weight excluding hydrogens is 306 g/mol. The molecule has 0 heterocycles. The Bertz CT molecular complexity index is 720. The first-order valence-corrected chi connectivity index (χ1v) is 7.33. The second-order valence-corrected chi connectivity index (χ2v) is 5.19. The van der Waals surface area contributed by atoms with E-state index < -0.39 is 12.6 Å². The highest BCUT2D eigenvalue weighted by Gasteiger charge is 1.95. The zero-order valence-electron chi connectivity index (χ0n) is 13.5. The first-order chi connectivity index (χ1) is 11.5. The largest absolute Gasteiger partial charge is 0.546 e. The van der Waals surface area contributed by atoms with Crippen molar-refractivity contribution in [3.05, 3.63) is 59.7 Å². The van der Waals surface area contributed by atoms with Crippen molar-refractivity contribution in [3.63, 3.8) is 0 Å². The van der Waals surface area contributed by atoms with Crippen molar-refractivity contribution in [2.24, 2.45) is 10.3 Å². The molecule has 2 rings (SSSR count). The van der Waals surface area contributed by atoms with Gasteiger partial charge in [-0.3, -0.25) is 5.01 Å². The molecule has 0 N–H and O–H groups in total. The third-order valence-corrected chi connectivity index (χ3v) is 2.94. The molecule has 6 nitrogen and oxygen atoms in total. The van der Waals surface area contributed by atoms with Gasteiger partial charge < -0.3 is 14.6 Å². The number of hydrogen-bond acceptors (Lipinski definition) is 5. The average Bonchev–Trinajstić information content (AvgIpc) is 2.58. The Balaban J connectivity index is 1.96. The molecule has 24 heavy (non-hydrogen) atoms. The lowest BCUT2D eigenvalue weighted by molar-refractivity contribution is -0.307. The van der Waals surface area contributed by atoms with Gasteiger partial charge in [-0.2, -0.15) is 0 Å². The van der Waals surface area contributed by atoms with Gasteiger partial charge in [-0.05, 0) is 35.4 Å². The summed E-state index contributed by atoms with van der Waals surface area (Å²) in [7, 11) is 3.63. The first kappa shape index (κ1) is 17.2. The Hall–Kier alpha value is -3.15. The Labute approximate surface area is 140 Å². The van der Waals surface area contributed by atoms with Crippen molar-refractivity contribution in [1.29, 1.82) is 0 Å². The number of aliphatic carboxylic acids is 1. The number of nitrogens with zero attached hydrogens (tertiary/aromatic N) is 3. The molecule has 0 aliphatic heterocycles. The minimum absolute atomic E-state index is 0.452. The second-order valence-electron chi connectivity index (χ2n) is 5.19. The van der Waals surface area contributed by atoms with Crippen molar-refractivity contribution in [2.75, 3.05) is 20.7 Å². The smallest absolute Gasteiger partial charge is 0.128 e. The summed E-state index contributed by atoms with van der Waals surface area (Å²) < 4.78 is 5.03. The predicted octanol–water partition coefficient (Wildman–Crippen LogP) is 2.55. The van der Waals surface area contributed by atoms with Gasteiger partial charge in [0.15, 0.2) is 0 Å². The van der Waals surface area contributed by atoms with Crippen molar-refractivity contribution < 1.29 is 14.6 Å². The highest BCUT2D eigenvalue weighted by molar-refractivity contribution is 5.70. The molecule has 0 amide bonds. The third-order valence-electron chi connectivity index (χ3n) is 2.94. The summed E-state index contributed by atoms with van der Waals surface area (Å²) in [6, 6.07) is 14.8. The van der Waals surface area contributed by atoms with E-state index >= 15 is 0 Å². The lowest BCUT2D eigenvalue weighted by atomic mass is 10.1. The summed E-state index contributed by atoms with van der Waals surface area (Å²) in [6.45, 7) is -0.452. The Morgan fingerprint density at radius 1 is 1.04 bits per heavy atom. The molecule has 0 aromatic heterocycles. The van der Waals surface area contributed by atoms with Crippen LogP contribution in [-0.4, -0.2) is 31.7 Å². The lowest BCUT2D eigenvalue weighted by Crippen LogP contribution is -2.28. The maximum atomic E-state index is 10.3. The molecule has 0 bridgehead atoms. The molecule has 2 aromatic rings. The number of rotatable bonds is 7. The van der Waals surface area contributed by atoms with Gasteiger partial charge in [0.1, 0.15) is 12.4 Å². The summed E-state index contributed by atoms with van der Waals surface area (Å²) in [6.07, 6.45) is 3.93. The number of carbonyl (C=O) groups is 1. The molecule has 0 saturated carbocycles. The number of hydrogen-bond donors (Lipinski definition) is 0. The van der Waals surface area contributed by atoms with Gasteiger partial charge in [0.25, 0.3) is 0 Å². The van der Waals surface area contributed by atoms with Gasteiger partial charge in [0.2, 0.25) is 0 Å². The van der Waals surface area contributed by atoms with Gasteiger partial charge in [-0.1, -0.05) is 41.6 Å². The van der Waals surface area contributed by atoms with E-state index in [9.17, 15) is 9.90 Å². The molecule has 0 spiro atoms. The average molecular weight is 324 g/mol. The van der Waals surface area contributed by atoms with Crippen LogP contribution >= 0.6 is 0 Å². The highest BCUT2D eigenvalue weighted by atomic mass is 16.5. The zero-order chi connectivity index (χ0) is 17.4. The van der Waals surface area contributed by atoms with E-state index in [0.717, 1.165) is 16.8 Å². The molecule has 124 valence electrons. The van der Waals surface area contributed by atoms with Crippen LogP contribution in [0.5, 0.6) is 5.75 Å². The quantitative estimate of drug-likeness (QED) is 0.445. The Kier molecular flexibility index (Phi) is 6.08.